The molecule has 5 nitrogen and oxygen atoms in total. The van der Waals surface area contributed by atoms with Gasteiger partial charge in [0, 0.05) is 25.0 Å². The lowest BCUT2D eigenvalue weighted by Gasteiger charge is -2.32. The summed E-state index contributed by atoms with van der Waals surface area (Å²) in [5, 5.41) is 0. The van der Waals surface area contributed by atoms with Crippen molar-refractivity contribution in [2.75, 3.05) is 20.3 Å². The van der Waals surface area contributed by atoms with Crippen LogP contribution in [0, 0.1) is 0 Å². The summed E-state index contributed by atoms with van der Waals surface area (Å²) in [6.07, 6.45) is 3.42. The van der Waals surface area contributed by atoms with Crippen molar-refractivity contribution in [2.24, 2.45) is 0 Å². The van der Waals surface area contributed by atoms with Gasteiger partial charge >= 0.3 is 7.12 Å². The van der Waals surface area contributed by atoms with Crippen molar-refractivity contribution in [2.45, 2.75) is 38.9 Å². The Labute approximate surface area is 120 Å². The summed E-state index contributed by atoms with van der Waals surface area (Å²) in [4.78, 5) is 4.14. The summed E-state index contributed by atoms with van der Waals surface area (Å²) in [7, 11) is 1.18. The minimum Gasteiger partial charge on any atom is -0.491 e. The van der Waals surface area contributed by atoms with Crippen molar-refractivity contribution in [1.29, 1.82) is 0 Å². The molecule has 0 bridgehead atoms. The molecule has 1 fully saturated rings. The van der Waals surface area contributed by atoms with Gasteiger partial charge in [0.15, 0.2) is 0 Å². The maximum atomic E-state index is 6.02. The van der Waals surface area contributed by atoms with Gasteiger partial charge in [-0.25, -0.2) is 0 Å². The first-order valence-corrected chi connectivity index (χ1v) is 6.79. The van der Waals surface area contributed by atoms with E-state index in [4.69, 9.17) is 18.8 Å². The highest BCUT2D eigenvalue weighted by Gasteiger charge is 2.52. The summed E-state index contributed by atoms with van der Waals surface area (Å²) in [6.45, 7) is 9.10. The van der Waals surface area contributed by atoms with Crippen molar-refractivity contribution < 1.29 is 18.8 Å². The van der Waals surface area contributed by atoms with Crippen molar-refractivity contribution in [3.8, 4) is 5.75 Å². The Balaban J connectivity index is 2.17. The molecule has 2 heterocycles. The fraction of sp³-hybridized carbons (Fsp3) is 0.643. The number of hydrogen-bond donors (Lipinski definition) is 0. The molecule has 0 saturated carbocycles. The molecule has 1 aliphatic rings. The molecule has 0 N–H and O–H groups in total. The van der Waals surface area contributed by atoms with Crippen LogP contribution in [0.2, 0.25) is 0 Å². The molecule has 6 heteroatoms. The first-order valence-electron chi connectivity index (χ1n) is 6.79. The second-order valence-electron chi connectivity index (χ2n) is 5.84. The average molecular weight is 279 g/mol. The lowest BCUT2D eigenvalue weighted by atomic mass is 9.79. The van der Waals surface area contributed by atoms with E-state index in [1.54, 1.807) is 19.5 Å². The standard InChI is InChI=1S/C14H22BNO4/c1-13(2)14(3,4)20-15(19-13)11-10-16-7-6-12(11)18-9-8-17-5/h6-7,10H,8-9H2,1-5H3. The quantitative estimate of drug-likeness (QED) is 0.602. The van der Waals surface area contributed by atoms with Crippen LogP contribution in [0.3, 0.4) is 0 Å². The van der Waals surface area contributed by atoms with Crippen LogP contribution in [0.4, 0.5) is 0 Å². The SMILES string of the molecule is COCCOc1ccncc1B1OC(C)(C)C(C)(C)O1. The zero-order chi connectivity index (χ0) is 14.8. The number of rotatable bonds is 5. The molecule has 0 amide bonds. The number of nitrogens with zero attached hydrogens (tertiary/aromatic N) is 1. The molecule has 1 aromatic heterocycles. The summed E-state index contributed by atoms with van der Waals surface area (Å²) in [5.41, 5.74) is 0.0523. The monoisotopic (exact) mass is 279 g/mol. The highest BCUT2D eigenvalue weighted by atomic mass is 16.7. The molecule has 2 rings (SSSR count). The second-order valence-corrected chi connectivity index (χ2v) is 5.84. The normalized spacial score (nSPS) is 20.1. The minimum atomic E-state index is -0.466. The molecule has 0 aromatic carbocycles. The fourth-order valence-electron chi connectivity index (χ4n) is 1.91. The summed E-state index contributed by atoms with van der Waals surface area (Å²) in [6, 6.07) is 1.82. The second kappa shape index (κ2) is 5.72. The van der Waals surface area contributed by atoms with Crippen LogP contribution in [0.5, 0.6) is 5.75 Å². The van der Waals surface area contributed by atoms with E-state index in [0.717, 1.165) is 11.2 Å². The zero-order valence-corrected chi connectivity index (χ0v) is 12.8. The Morgan fingerprint density at radius 3 is 2.40 bits per heavy atom. The topological polar surface area (TPSA) is 49.8 Å². The van der Waals surface area contributed by atoms with Crippen molar-refractivity contribution in [3.05, 3.63) is 18.5 Å². The smallest absolute Gasteiger partial charge is 0.491 e. The van der Waals surface area contributed by atoms with Gasteiger partial charge in [0.2, 0.25) is 0 Å². The van der Waals surface area contributed by atoms with Crippen LogP contribution < -0.4 is 10.2 Å². The maximum Gasteiger partial charge on any atom is 0.500 e. The number of ether oxygens (including phenoxy) is 2. The highest BCUT2D eigenvalue weighted by Crippen LogP contribution is 2.37. The van der Waals surface area contributed by atoms with Crippen LogP contribution >= 0.6 is 0 Å². The Morgan fingerprint density at radius 2 is 1.80 bits per heavy atom. The molecule has 1 aromatic rings. The Bertz CT molecular complexity index is 448. The molecule has 110 valence electrons. The zero-order valence-electron chi connectivity index (χ0n) is 12.8. The third-order valence-electron chi connectivity index (χ3n) is 3.86. The van der Waals surface area contributed by atoms with Gasteiger partial charge in [0.05, 0.1) is 17.8 Å². The molecule has 20 heavy (non-hydrogen) atoms. The van der Waals surface area contributed by atoms with E-state index in [0.29, 0.717) is 13.2 Å². The van der Waals surface area contributed by atoms with Crippen LogP contribution in [0.15, 0.2) is 18.5 Å². The van der Waals surface area contributed by atoms with Crippen molar-refractivity contribution >= 4 is 12.6 Å². The van der Waals surface area contributed by atoms with Crippen molar-refractivity contribution in [1.82, 2.24) is 4.98 Å². The van der Waals surface area contributed by atoms with Crippen LogP contribution in [-0.2, 0) is 14.0 Å². The van der Waals surface area contributed by atoms with E-state index < -0.39 is 7.12 Å². The van der Waals surface area contributed by atoms with Gasteiger partial charge < -0.3 is 18.8 Å². The Kier molecular flexibility index (Phi) is 4.37. The van der Waals surface area contributed by atoms with Gasteiger partial charge in [0.25, 0.3) is 0 Å². The number of hydrogen-bond acceptors (Lipinski definition) is 5. The van der Waals surface area contributed by atoms with E-state index in [9.17, 15) is 0 Å². The number of methoxy groups -OCH3 is 1. The van der Waals surface area contributed by atoms with Gasteiger partial charge in [-0.15, -0.1) is 0 Å². The average Bonchev–Trinajstić information content (AvgIpc) is 2.59. The largest absolute Gasteiger partial charge is 0.500 e. The van der Waals surface area contributed by atoms with Crippen LogP contribution in [0.1, 0.15) is 27.7 Å². The van der Waals surface area contributed by atoms with E-state index in [1.165, 1.54) is 0 Å². The van der Waals surface area contributed by atoms with E-state index in [-0.39, 0.29) is 11.2 Å². The van der Waals surface area contributed by atoms with Gasteiger partial charge in [-0.3, -0.25) is 4.98 Å². The van der Waals surface area contributed by atoms with E-state index >= 15 is 0 Å². The predicted octanol–water partition coefficient (Wildman–Crippen LogP) is 1.41. The number of aromatic nitrogens is 1. The lowest BCUT2D eigenvalue weighted by Crippen LogP contribution is -2.41. The molecular formula is C14H22BNO4. The lowest BCUT2D eigenvalue weighted by molar-refractivity contribution is 0.00578. The predicted molar refractivity (Wildman–Crippen MR) is 77.3 cm³/mol. The minimum absolute atomic E-state index is 0.378. The molecule has 0 aliphatic carbocycles. The molecule has 1 saturated heterocycles. The molecule has 0 atom stereocenters. The molecule has 0 radical (unpaired) electrons. The first-order chi connectivity index (χ1) is 9.37. The van der Waals surface area contributed by atoms with E-state index in [1.807, 2.05) is 33.8 Å². The van der Waals surface area contributed by atoms with E-state index in [2.05, 4.69) is 4.98 Å². The van der Waals surface area contributed by atoms with Crippen LogP contribution in [-0.4, -0.2) is 43.6 Å². The van der Waals surface area contributed by atoms with Gasteiger partial charge in [-0.2, -0.15) is 0 Å². The molecule has 1 aliphatic heterocycles. The summed E-state index contributed by atoms with van der Waals surface area (Å²) >= 11 is 0. The fourth-order valence-corrected chi connectivity index (χ4v) is 1.91. The Hall–Kier alpha value is -1.11. The maximum absolute atomic E-state index is 6.02. The Morgan fingerprint density at radius 1 is 1.15 bits per heavy atom. The van der Waals surface area contributed by atoms with Crippen molar-refractivity contribution in [3.63, 3.8) is 0 Å². The summed E-state index contributed by atoms with van der Waals surface area (Å²) in [5.74, 6) is 0.718. The van der Waals surface area contributed by atoms with Gasteiger partial charge in [-0.1, -0.05) is 0 Å². The molecule has 0 unspecified atom stereocenters. The highest BCUT2D eigenvalue weighted by molar-refractivity contribution is 6.63. The number of pyridine rings is 1. The van der Waals surface area contributed by atoms with Crippen LogP contribution in [0.25, 0.3) is 0 Å². The van der Waals surface area contributed by atoms with Gasteiger partial charge in [-0.05, 0) is 33.8 Å². The third kappa shape index (κ3) is 2.97. The molecular weight excluding hydrogens is 257 g/mol. The van der Waals surface area contributed by atoms with Gasteiger partial charge in [0.1, 0.15) is 12.4 Å². The summed E-state index contributed by atoms with van der Waals surface area (Å²) < 4.78 is 22.7. The third-order valence-corrected chi connectivity index (χ3v) is 3.86. The first kappa shape index (κ1) is 15.3. The molecule has 0 spiro atoms.